The van der Waals surface area contributed by atoms with Gasteiger partial charge < -0.3 is 10.1 Å². The molecular formula is C25H21Cl2NO3. The third-order valence-corrected chi connectivity index (χ3v) is 5.12. The minimum absolute atomic E-state index is 0.0723. The van der Waals surface area contributed by atoms with Crippen LogP contribution in [-0.4, -0.2) is 17.3 Å². The van der Waals surface area contributed by atoms with E-state index in [1.807, 2.05) is 30.3 Å². The number of rotatable bonds is 7. The Balaban J connectivity index is 1.65. The molecule has 0 aromatic heterocycles. The van der Waals surface area contributed by atoms with Crippen LogP contribution in [0.5, 0.6) is 5.75 Å². The Hall–Kier alpha value is -3.08. The molecule has 1 amide bonds. The van der Waals surface area contributed by atoms with Gasteiger partial charge in [-0.1, -0.05) is 77.8 Å². The summed E-state index contributed by atoms with van der Waals surface area (Å²) in [7, 11) is 0. The number of nitrogens with one attached hydrogen (secondary N) is 1. The van der Waals surface area contributed by atoms with Gasteiger partial charge in [-0.3, -0.25) is 9.59 Å². The van der Waals surface area contributed by atoms with Gasteiger partial charge in [0.25, 0.3) is 5.91 Å². The molecule has 0 bridgehead atoms. The summed E-state index contributed by atoms with van der Waals surface area (Å²) in [5, 5.41) is 3.41. The number of hydrogen-bond acceptors (Lipinski definition) is 3. The maximum Gasteiger partial charge on any atom is 0.268 e. The number of amides is 1. The molecular weight excluding hydrogens is 433 g/mol. The standard InChI is InChI=1S/C25H21Cl2NO3/c1-25(2,24(30)28-23-20(26)9-6-10-21(23)27)31-19-14-11-17(12-15-19)13-16-22(29)18-7-4-3-5-8-18/h3-16H,1-2H3,(H,28,30)/b16-13+. The van der Waals surface area contributed by atoms with Crippen LogP contribution in [0.2, 0.25) is 10.0 Å². The summed E-state index contributed by atoms with van der Waals surface area (Å²) in [5.74, 6) is 0.0498. The molecule has 0 radical (unpaired) electrons. The number of hydrogen-bond donors (Lipinski definition) is 1. The first-order chi connectivity index (χ1) is 14.8. The van der Waals surface area contributed by atoms with Crippen LogP contribution in [0.3, 0.4) is 0 Å². The van der Waals surface area contributed by atoms with Gasteiger partial charge >= 0.3 is 0 Å². The SMILES string of the molecule is CC(C)(Oc1ccc(/C=C/C(=O)c2ccccc2)cc1)C(=O)Nc1c(Cl)cccc1Cl. The van der Waals surface area contributed by atoms with Gasteiger partial charge in [-0.15, -0.1) is 0 Å². The predicted octanol–water partition coefficient (Wildman–Crippen LogP) is 6.69. The van der Waals surface area contributed by atoms with Crippen molar-refractivity contribution in [3.63, 3.8) is 0 Å². The average Bonchev–Trinajstić information content (AvgIpc) is 2.76. The van der Waals surface area contributed by atoms with Crippen LogP contribution in [0.1, 0.15) is 29.8 Å². The lowest BCUT2D eigenvalue weighted by atomic mass is 10.1. The molecule has 6 heteroatoms. The van der Waals surface area contributed by atoms with Crippen molar-refractivity contribution < 1.29 is 14.3 Å². The van der Waals surface area contributed by atoms with Gasteiger partial charge in [0.15, 0.2) is 11.4 Å². The van der Waals surface area contributed by atoms with E-state index in [4.69, 9.17) is 27.9 Å². The lowest BCUT2D eigenvalue weighted by Crippen LogP contribution is -2.42. The molecule has 0 unspecified atom stereocenters. The number of anilines is 1. The summed E-state index contributed by atoms with van der Waals surface area (Å²) in [6, 6.07) is 21.1. The highest BCUT2D eigenvalue weighted by Gasteiger charge is 2.31. The molecule has 0 aliphatic heterocycles. The zero-order chi connectivity index (χ0) is 22.4. The van der Waals surface area contributed by atoms with Gasteiger partial charge in [0.05, 0.1) is 15.7 Å². The van der Waals surface area contributed by atoms with Crippen LogP contribution >= 0.6 is 23.2 Å². The van der Waals surface area contributed by atoms with Gasteiger partial charge in [0.1, 0.15) is 5.75 Å². The highest BCUT2D eigenvalue weighted by atomic mass is 35.5. The van der Waals surface area contributed by atoms with Crippen molar-refractivity contribution in [3.05, 3.63) is 100 Å². The maximum absolute atomic E-state index is 12.7. The number of halogens is 2. The Bertz CT molecular complexity index is 1090. The molecule has 0 fully saturated rings. The summed E-state index contributed by atoms with van der Waals surface area (Å²) in [6.45, 7) is 3.30. The minimum atomic E-state index is -1.18. The molecule has 0 spiro atoms. The zero-order valence-electron chi connectivity index (χ0n) is 17.1. The molecule has 0 atom stereocenters. The van der Waals surface area contributed by atoms with E-state index < -0.39 is 5.60 Å². The molecule has 4 nitrogen and oxygen atoms in total. The van der Waals surface area contributed by atoms with Crippen LogP contribution in [-0.2, 0) is 4.79 Å². The number of carbonyl (C=O) groups excluding carboxylic acids is 2. The smallest absolute Gasteiger partial charge is 0.268 e. The van der Waals surface area contributed by atoms with Crippen molar-refractivity contribution in [2.24, 2.45) is 0 Å². The summed E-state index contributed by atoms with van der Waals surface area (Å²) in [6.07, 6.45) is 3.26. The Kier molecular flexibility index (Phi) is 7.16. The van der Waals surface area contributed by atoms with Gasteiger partial charge in [0.2, 0.25) is 0 Å². The normalized spacial score (nSPS) is 11.4. The monoisotopic (exact) mass is 453 g/mol. The van der Waals surface area contributed by atoms with E-state index in [0.717, 1.165) is 5.56 Å². The Morgan fingerprint density at radius 3 is 2.10 bits per heavy atom. The Morgan fingerprint density at radius 1 is 0.871 bits per heavy atom. The quantitative estimate of drug-likeness (QED) is 0.320. The number of carbonyl (C=O) groups is 2. The fourth-order valence-corrected chi connectivity index (χ4v) is 3.23. The molecule has 0 heterocycles. The van der Waals surface area contributed by atoms with Crippen molar-refractivity contribution in [2.75, 3.05) is 5.32 Å². The van der Waals surface area contributed by atoms with E-state index in [2.05, 4.69) is 5.32 Å². The van der Waals surface area contributed by atoms with Crippen LogP contribution in [0, 0.1) is 0 Å². The second kappa shape index (κ2) is 9.82. The van der Waals surface area contributed by atoms with Crippen LogP contribution in [0.25, 0.3) is 6.08 Å². The molecule has 3 aromatic carbocycles. The van der Waals surface area contributed by atoms with Crippen molar-refractivity contribution in [2.45, 2.75) is 19.4 Å². The first-order valence-corrected chi connectivity index (χ1v) is 10.3. The van der Waals surface area contributed by atoms with Gasteiger partial charge in [0, 0.05) is 5.56 Å². The van der Waals surface area contributed by atoms with E-state index in [1.165, 1.54) is 6.08 Å². The highest BCUT2D eigenvalue weighted by molar-refractivity contribution is 6.39. The van der Waals surface area contributed by atoms with E-state index >= 15 is 0 Å². The summed E-state index contributed by atoms with van der Waals surface area (Å²) < 4.78 is 5.88. The molecule has 31 heavy (non-hydrogen) atoms. The third kappa shape index (κ3) is 5.97. The summed E-state index contributed by atoms with van der Waals surface area (Å²) in [4.78, 5) is 24.9. The van der Waals surface area contributed by atoms with E-state index in [9.17, 15) is 9.59 Å². The second-order valence-electron chi connectivity index (χ2n) is 7.30. The molecule has 0 saturated heterocycles. The second-order valence-corrected chi connectivity index (χ2v) is 8.11. The molecule has 0 aliphatic carbocycles. The summed E-state index contributed by atoms with van der Waals surface area (Å²) >= 11 is 12.2. The predicted molar refractivity (Wildman–Crippen MR) is 126 cm³/mol. The highest BCUT2D eigenvalue weighted by Crippen LogP contribution is 2.31. The molecule has 0 saturated carbocycles. The van der Waals surface area contributed by atoms with E-state index in [1.54, 1.807) is 62.4 Å². The van der Waals surface area contributed by atoms with Gasteiger partial charge in [-0.25, -0.2) is 0 Å². The summed E-state index contributed by atoms with van der Waals surface area (Å²) in [5.41, 5.74) is 0.631. The topological polar surface area (TPSA) is 55.4 Å². The number of ketones is 1. The number of ether oxygens (including phenoxy) is 1. The van der Waals surface area contributed by atoms with Crippen LogP contribution in [0.4, 0.5) is 5.69 Å². The maximum atomic E-state index is 12.7. The fraction of sp³-hybridized carbons (Fsp3) is 0.120. The fourth-order valence-electron chi connectivity index (χ4n) is 2.74. The molecule has 1 N–H and O–H groups in total. The molecule has 0 aliphatic rings. The van der Waals surface area contributed by atoms with Crippen molar-refractivity contribution >= 4 is 46.7 Å². The van der Waals surface area contributed by atoms with Gasteiger partial charge in [-0.05, 0) is 49.8 Å². The third-order valence-electron chi connectivity index (χ3n) is 4.49. The Labute approximate surface area is 191 Å². The van der Waals surface area contributed by atoms with Crippen LogP contribution < -0.4 is 10.1 Å². The van der Waals surface area contributed by atoms with E-state index in [-0.39, 0.29) is 11.7 Å². The Morgan fingerprint density at radius 2 is 1.48 bits per heavy atom. The lowest BCUT2D eigenvalue weighted by molar-refractivity contribution is -0.128. The van der Waals surface area contributed by atoms with Crippen molar-refractivity contribution in [1.29, 1.82) is 0 Å². The number of allylic oxidation sites excluding steroid dienone is 1. The van der Waals surface area contributed by atoms with Crippen LogP contribution in [0.15, 0.2) is 78.9 Å². The molecule has 3 rings (SSSR count). The molecule has 158 valence electrons. The minimum Gasteiger partial charge on any atom is -0.478 e. The van der Waals surface area contributed by atoms with Gasteiger partial charge in [-0.2, -0.15) is 0 Å². The number of benzene rings is 3. The van der Waals surface area contributed by atoms with E-state index in [0.29, 0.717) is 27.0 Å². The first kappa shape index (κ1) is 22.6. The molecule has 3 aromatic rings. The van der Waals surface area contributed by atoms with Crippen molar-refractivity contribution in [3.8, 4) is 5.75 Å². The largest absolute Gasteiger partial charge is 0.478 e. The lowest BCUT2D eigenvalue weighted by Gasteiger charge is -2.26. The van der Waals surface area contributed by atoms with Crippen molar-refractivity contribution in [1.82, 2.24) is 0 Å². The number of para-hydroxylation sites is 1. The first-order valence-electron chi connectivity index (χ1n) is 9.58. The average molecular weight is 454 g/mol. The zero-order valence-corrected chi connectivity index (χ0v) is 18.6.